The molecule has 11 nitrogen and oxygen atoms in total. The number of oxazole rings is 2. The number of carbonyl (C=O) groups is 1. The number of nitrogens with zero attached hydrogens (tertiary/aromatic N) is 5. The van der Waals surface area contributed by atoms with Gasteiger partial charge in [-0.2, -0.15) is 0 Å². The standard InChI is InChI=1S/C25H23F2N7O4S/c1-14-24(2,19-9-29-13-38-19)39-23(28)34-25(14,12-26)16-7-15(3-4-17(16)27)33-22(35)18-8-32-20(10-31-18)37-11-21-30-5-6-36-21/h3-10,13-14H,11-12H2,1-2H3,(H2,28,34)(H,33,35)/t14-,24+,25+/m1/s1. The SMILES string of the molecule is C[C@H]1[C@@](CF)(c2cc(NC(=O)c3cnc(OCc4ncco4)cn3)ccc2F)N=C(N)S[C@]1(C)c1cnco1. The Morgan fingerprint density at radius 2 is 2.08 bits per heavy atom. The molecule has 0 saturated carbocycles. The molecule has 0 bridgehead atoms. The van der Waals surface area contributed by atoms with E-state index in [0.717, 1.165) is 6.07 Å². The second kappa shape index (κ2) is 10.4. The fourth-order valence-corrected chi connectivity index (χ4v) is 5.63. The number of hydrogen-bond donors (Lipinski definition) is 2. The van der Waals surface area contributed by atoms with Crippen LogP contribution in [0.4, 0.5) is 14.5 Å². The van der Waals surface area contributed by atoms with Crippen LogP contribution in [-0.2, 0) is 16.9 Å². The first-order valence-corrected chi connectivity index (χ1v) is 12.5. The number of carbonyl (C=O) groups excluding carboxylic acids is 1. The predicted octanol–water partition coefficient (Wildman–Crippen LogP) is 4.20. The average molecular weight is 556 g/mol. The molecule has 3 atom stereocenters. The van der Waals surface area contributed by atoms with Crippen molar-refractivity contribution in [3.8, 4) is 5.88 Å². The van der Waals surface area contributed by atoms with E-state index in [0.29, 0.717) is 11.7 Å². The third-order valence-corrected chi connectivity index (χ3v) is 7.95. The molecule has 202 valence electrons. The predicted molar refractivity (Wildman–Crippen MR) is 137 cm³/mol. The van der Waals surface area contributed by atoms with Gasteiger partial charge in [0.1, 0.15) is 35.7 Å². The summed E-state index contributed by atoms with van der Waals surface area (Å²) in [7, 11) is 0. The van der Waals surface area contributed by atoms with Gasteiger partial charge in [0.25, 0.3) is 5.91 Å². The largest absolute Gasteiger partial charge is 0.467 e. The van der Waals surface area contributed by atoms with E-state index in [4.69, 9.17) is 19.3 Å². The van der Waals surface area contributed by atoms with E-state index in [-0.39, 0.29) is 34.6 Å². The molecule has 39 heavy (non-hydrogen) atoms. The molecule has 14 heteroatoms. The van der Waals surface area contributed by atoms with Crippen molar-refractivity contribution in [2.45, 2.75) is 30.7 Å². The van der Waals surface area contributed by atoms with Gasteiger partial charge in [-0.15, -0.1) is 0 Å². The fraction of sp³-hybridized carbons (Fsp3) is 0.280. The smallest absolute Gasteiger partial charge is 0.275 e. The van der Waals surface area contributed by atoms with Crippen LogP contribution in [0.2, 0.25) is 0 Å². The Morgan fingerprint density at radius 3 is 2.74 bits per heavy atom. The number of aliphatic imine (C=N–C) groups is 1. The minimum Gasteiger partial charge on any atom is -0.467 e. The van der Waals surface area contributed by atoms with E-state index < -0.39 is 34.6 Å². The molecule has 1 aromatic carbocycles. The van der Waals surface area contributed by atoms with Gasteiger partial charge in [-0.05, 0) is 25.1 Å². The molecule has 0 spiro atoms. The van der Waals surface area contributed by atoms with Crippen molar-refractivity contribution >= 4 is 28.5 Å². The Kier molecular flexibility index (Phi) is 7.04. The maximum Gasteiger partial charge on any atom is 0.275 e. The van der Waals surface area contributed by atoms with Crippen molar-refractivity contribution in [3.05, 3.63) is 84.4 Å². The zero-order chi connectivity index (χ0) is 27.6. The second-order valence-corrected chi connectivity index (χ2v) is 10.4. The quantitative estimate of drug-likeness (QED) is 0.323. The van der Waals surface area contributed by atoms with Crippen molar-refractivity contribution in [2.75, 3.05) is 12.0 Å². The highest BCUT2D eigenvalue weighted by molar-refractivity contribution is 8.14. The Labute approximate surface area is 225 Å². The molecule has 3 N–H and O–H groups in total. The fourth-order valence-electron chi connectivity index (χ4n) is 4.41. The lowest BCUT2D eigenvalue weighted by atomic mass is 9.72. The number of thioether (sulfide) groups is 1. The first kappa shape index (κ1) is 26.3. The molecular weight excluding hydrogens is 532 g/mol. The number of nitrogens with two attached hydrogens (primary N) is 1. The van der Waals surface area contributed by atoms with Crippen LogP contribution in [-0.4, -0.2) is 37.7 Å². The van der Waals surface area contributed by atoms with Crippen LogP contribution in [0, 0.1) is 11.7 Å². The molecule has 1 aliphatic rings. The van der Waals surface area contributed by atoms with Gasteiger partial charge in [0.15, 0.2) is 18.2 Å². The maximum absolute atomic E-state index is 15.3. The van der Waals surface area contributed by atoms with Crippen molar-refractivity contribution < 1.29 is 27.1 Å². The number of amides is 1. The van der Waals surface area contributed by atoms with Gasteiger partial charge >= 0.3 is 0 Å². The van der Waals surface area contributed by atoms with Gasteiger partial charge in [-0.25, -0.2) is 33.7 Å². The lowest BCUT2D eigenvalue weighted by Crippen LogP contribution is -2.49. The van der Waals surface area contributed by atoms with E-state index in [1.54, 1.807) is 6.92 Å². The molecule has 4 heterocycles. The minimum atomic E-state index is -1.69. The summed E-state index contributed by atoms with van der Waals surface area (Å²) < 4.78 is 45.3. The molecule has 0 saturated heterocycles. The van der Waals surface area contributed by atoms with Crippen LogP contribution in [0.3, 0.4) is 0 Å². The van der Waals surface area contributed by atoms with Gasteiger partial charge < -0.3 is 24.6 Å². The number of anilines is 1. The van der Waals surface area contributed by atoms with E-state index in [1.165, 1.54) is 61.3 Å². The zero-order valence-corrected chi connectivity index (χ0v) is 21.6. The topological polar surface area (TPSA) is 155 Å². The number of ether oxygens (including phenoxy) is 1. The lowest BCUT2D eigenvalue weighted by molar-refractivity contribution is 0.102. The van der Waals surface area contributed by atoms with Crippen LogP contribution < -0.4 is 15.8 Å². The molecule has 0 unspecified atom stereocenters. The van der Waals surface area contributed by atoms with E-state index in [1.807, 2.05) is 6.92 Å². The molecule has 1 amide bonds. The van der Waals surface area contributed by atoms with Gasteiger partial charge in [0.2, 0.25) is 11.8 Å². The molecule has 5 rings (SSSR count). The van der Waals surface area contributed by atoms with Gasteiger partial charge in [0.05, 0.1) is 29.5 Å². The summed E-state index contributed by atoms with van der Waals surface area (Å²) in [6, 6.07) is 3.84. The molecule has 1 aliphatic heterocycles. The molecule has 4 aromatic rings. The van der Waals surface area contributed by atoms with Crippen LogP contribution in [0.15, 0.2) is 69.5 Å². The summed E-state index contributed by atoms with van der Waals surface area (Å²) in [4.78, 5) is 33.3. The third-order valence-electron chi connectivity index (χ3n) is 6.67. The van der Waals surface area contributed by atoms with Crippen LogP contribution >= 0.6 is 11.8 Å². The number of aromatic nitrogens is 4. The summed E-state index contributed by atoms with van der Waals surface area (Å²) in [5.74, 6) is -0.978. The molecule has 0 radical (unpaired) electrons. The van der Waals surface area contributed by atoms with Crippen LogP contribution in [0.25, 0.3) is 0 Å². The Bertz CT molecular complexity index is 1480. The zero-order valence-electron chi connectivity index (χ0n) is 20.8. The maximum atomic E-state index is 15.3. The van der Waals surface area contributed by atoms with Crippen molar-refractivity contribution in [1.29, 1.82) is 0 Å². The number of rotatable bonds is 8. The van der Waals surface area contributed by atoms with E-state index in [2.05, 4.69) is 30.2 Å². The number of halogens is 2. The highest BCUT2D eigenvalue weighted by atomic mass is 32.2. The van der Waals surface area contributed by atoms with E-state index >= 15 is 4.39 Å². The molecule has 0 aliphatic carbocycles. The first-order chi connectivity index (χ1) is 18.7. The van der Waals surface area contributed by atoms with Gasteiger partial charge in [-0.3, -0.25) is 4.79 Å². The molecular formula is C25H23F2N7O4S. The normalized spacial score (nSPS) is 22.8. The second-order valence-electron chi connectivity index (χ2n) is 8.91. The molecule has 3 aromatic heterocycles. The van der Waals surface area contributed by atoms with Crippen LogP contribution in [0.5, 0.6) is 5.88 Å². The van der Waals surface area contributed by atoms with Crippen molar-refractivity contribution in [1.82, 2.24) is 19.9 Å². The summed E-state index contributed by atoms with van der Waals surface area (Å²) >= 11 is 1.19. The number of benzene rings is 1. The number of hydrogen-bond acceptors (Lipinski definition) is 11. The third kappa shape index (κ3) is 4.94. The summed E-state index contributed by atoms with van der Waals surface area (Å²) in [6.45, 7) is 2.56. The monoisotopic (exact) mass is 555 g/mol. The highest BCUT2D eigenvalue weighted by Gasteiger charge is 2.55. The lowest BCUT2D eigenvalue weighted by Gasteiger charge is -2.46. The summed E-state index contributed by atoms with van der Waals surface area (Å²) in [6.07, 6.45) is 8.18. The summed E-state index contributed by atoms with van der Waals surface area (Å²) in [5, 5.41) is 2.71. The number of nitrogens with one attached hydrogen (secondary N) is 1. The van der Waals surface area contributed by atoms with Gasteiger partial charge in [-0.1, -0.05) is 18.7 Å². The Balaban J connectivity index is 1.39. The number of alkyl halides is 1. The summed E-state index contributed by atoms with van der Waals surface area (Å²) in [5.41, 5.74) is 4.56. The Hall–Kier alpha value is -4.33. The minimum absolute atomic E-state index is 0.0212. The van der Waals surface area contributed by atoms with Crippen molar-refractivity contribution in [2.24, 2.45) is 16.6 Å². The first-order valence-electron chi connectivity index (χ1n) is 11.7. The Morgan fingerprint density at radius 1 is 1.23 bits per heavy atom. The van der Waals surface area contributed by atoms with Crippen molar-refractivity contribution in [3.63, 3.8) is 0 Å². The average Bonchev–Trinajstić information content (AvgIpc) is 3.66. The van der Waals surface area contributed by atoms with Crippen LogP contribution in [0.1, 0.15) is 41.6 Å². The van der Waals surface area contributed by atoms with E-state index in [9.17, 15) is 9.18 Å². The van der Waals surface area contributed by atoms with Gasteiger partial charge in [0, 0.05) is 17.2 Å². The number of amidine groups is 1. The highest BCUT2D eigenvalue weighted by Crippen LogP contribution is 2.55. The molecule has 0 fully saturated rings.